The fraction of sp³-hybridized carbons (Fsp3) is 0.462. The number of ketones is 1. The average molecular weight is 454 g/mol. The predicted molar refractivity (Wildman–Crippen MR) is 130 cm³/mol. The van der Waals surface area contributed by atoms with Gasteiger partial charge in [-0.15, -0.1) is 0 Å². The predicted octanol–water partition coefficient (Wildman–Crippen LogP) is 4.48. The van der Waals surface area contributed by atoms with Crippen LogP contribution in [-0.2, 0) is 11.2 Å². The highest BCUT2D eigenvalue weighted by molar-refractivity contribution is 6.30. The summed E-state index contributed by atoms with van der Waals surface area (Å²) >= 11 is 6.04. The second-order valence-electron chi connectivity index (χ2n) is 8.95. The molecule has 5 nitrogen and oxygen atoms in total. The fourth-order valence-electron chi connectivity index (χ4n) is 5.01. The Morgan fingerprint density at radius 2 is 1.88 bits per heavy atom. The molecule has 2 unspecified atom stereocenters. The molecule has 32 heavy (non-hydrogen) atoms. The summed E-state index contributed by atoms with van der Waals surface area (Å²) in [6, 6.07) is 11.8. The van der Waals surface area contributed by atoms with Crippen molar-refractivity contribution in [2.45, 2.75) is 44.9 Å². The molecule has 0 aromatic heterocycles. The van der Waals surface area contributed by atoms with Gasteiger partial charge in [-0.1, -0.05) is 30.2 Å². The molecule has 3 N–H and O–H groups in total. The van der Waals surface area contributed by atoms with Gasteiger partial charge in [-0.2, -0.15) is 0 Å². The van der Waals surface area contributed by atoms with Gasteiger partial charge in [0.1, 0.15) is 5.78 Å². The number of hydrogen-bond donors (Lipinski definition) is 3. The van der Waals surface area contributed by atoms with E-state index in [0.717, 1.165) is 61.6 Å². The van der Waals surface area contributed by atoms with E-state index in [-0.39, 0.29) is 11.8 Å². The number of fused-ring (bicyclic) bond motifs is 3. The molecule has 2 atom stereocenters. The molecule has 1 saturated carbocycles. The zero-order valence-corrected chi connectivity index (χ0v) is 19.4. The first-order valence-corrected chi connectivity index (χ1v) is 12.0. The van der Waals surface area contributed by atoms with Crippen LogP contribution in [-0.4, -0.2) is 37.9 Å². The van der Waals surface area contributed by atoms with Crippen molar-refractivity contribution in [2.24, 2.45) is 5.92 Å². The summed E-state index contributed by atoms with van der Waals surface area (Å²) in [5.74, 6) is 0.863. The Hall–Kier alpha value is -2.37. The minimum Gasteiger partial charge on any atom is -0.384 e. The summed E-state index contributed by atoms with van der Waals surface area (Å²) in [5, 5.41) is 10.5. The van der Waals surface area contributed by atoms with Gasteiger partial charge in [-0.05, 0) is 79.6 Å². The lowest BCUT2D eigenvalue weighted by molar-refractivity contribution is -0.123. The first kappa shape index (κ1) is 22.8. The molecule has 2 aliphatic carbocycles. The Labute approximate surface area is 195 Å². The van der Waals surface area contributed by atoms with Gasteiger partial charge in [0, 0.05) is 48.2 Å². The van der Waals surface area contributed by atoms with Crippen LogP contribution >= 0.6 is 11.6 Å². The number of aryl methyl sites for hydroxylation is 1. The molecule has 2 aliphatic rings. The molecular formula is C26H32ClN3O2. The quantitative estimate of drug-likeness (QED) is 0.489. The monoisotopic (exact) mass is 453 g/mol. The number of carbonyl (C=O) groups is 2. The number of rotatable bonds is 9. The number of nitrogens with one attached hydrogen (secondary N) is 3. The van der Waals surface area contributed by atoms with Gasteiger partial charge in [0.15, 0.2) is 0 Å². The third-order valence-electron chi connectivity index (χ3n) is 6.73. The van der Waals surface area contributed by atoms with Crippen LogP contribution in [0.5, 0.6) is 0 Å². The molecule has 0 spiro atoms. The van der Waals surface area contributed by atoms with Crippen LogP contribution in [0.3, 0.4) is 0 Å². The SMILES string of the molecule is Cc1ccc(Cl)cc1NCCNCCCNC(=O)c1ccc2c(c1)CC(=O)C1CCCC21. The third-order valence-corrected chi connectivity index (χ3v) is 6.97. The van der Waals surface area contributed by atoms with Crippen molar-refractivity contribution >= 4 is 29.0 Å². The lowest BCUT2D eigenvalue weighted by Crippen LogP contribution is -2.30. The number of carbonyl (C=O) groups excluding carboxylic acids is 2. The van der Waals surface area contributed by atoms with Crippen molar-refractivity contribution in [1.82, 2.24) is 10.6 Å². The first-order chi connectivity index (χ1) is 15.5. The van der Waals surface area contributed by atoms with Gasteiger partial charge in [0.25, 0.3) is 5.91 Å². The van der Waals surface area contributed by atoms with Gasteiger partial charge in [0.2, 0.25) is 0 Å². The summed E-state index contributed by atoms with van der Waals surface area (Å²) < 4.78 is 0. The molecule has 1 amide bonds. The van der Waals surface area contributed by atoms with E-state index in [1.54, 1.807) is 0 Å². The van der Waals surface area contributed by atoms with Crippen LogP contribution in [0.25, 0.3) is 0 Å². The molecule has 1 fully saturated rings. The molecule has 0 heterocycles. The van der Waals surface area contributed by atoms with Gasteiger partial charge < -0.3 is 16.0 Å². The van der Waals surface area contributed by atoms with Crippen LogP contribution in [0.2, 0.25) is 5.02 Å². The van der Waals surface area contributed by atoms with Crippen LogP contribution < -0.4 is 16.0 Å². The minimum absolute atomic E-state index is 0.0631. The summed E-state index contributed by atoms with van der Waals surface area (Å²) in [6.07, 6.45) is 4.58. The Morgan fingerprint density at radius 3 is 2.75 bits per heavy atom. The Morgan fingerprint density at radius 1 is 1.03 bits per heavy atom. The second-order valence-corrected chi connectivity index (χ2v) is 9.38. The van der Waals surface area contributed by atoms with Crippen LogP contribution in [0, 0.1) is 12.8 Å². The highest BCUT2D eigenvalue weighted by Gasteiger charge is 2.38. The van der Waals surface area contributed by atoms with Gasteiger partial charge in [-0.3, -0.25) is 9.59 Å². The zero-order valence-electron chi connectivity index (χ0n) is 18.7. The molecule has 2 aromatic rings. The summed E-state index contributed by atoms with van der Waals surface area (Å²) in [4.78, 5) is 25.0. The summed E-state index contributed by atoms with van der Waals surface area (Å²) in [5.41, 5.74) is 5.22. The Bertz CT molecular complexity index is 991. The largest absolute Gasteiger partial charge is 0.384 e. The van der Waals surface area contributed by atoms with Gasteiger partial charge in [-0.25, -0.2) is 0 Å². The number of hydrogen-bond acceptors (Lipinski definition) is 4. The highest BCUT2D eigenvalue weighted by atomic mass is 35.5. The van der Waals surface area contributed by atoms with E-state index in [4.69, 9.17) is 11.6 Å². The lowest BCUT2D eigenvalue weighted by atomic mass is 9.76. The van der Waals surface area contributed by atoms with Gasteiger partial charge in [0.05, 0.1) is 0 Å². The molecule has 4 rings (SSSR count). The van der Waals surface area contributed by atoms with Crippen molar-refractivity contribution in [3.63, 3.8) is 0 Å². The van der Waals surface area contributed by atoms with E-state index in [1.165, 1.54) is 11.1 Å². The topological polar surface area (TPSA) is 70.2 Å². The normalized spacial score (nSPS) is 19.4. The molecule has 0 aliphatic heterocycles. The maximum Gasteiger partial charge on any atom is 0.251 e. The number of halogens is 1. The minimum atomic E-state index is -0.0631. The molecular weight excluding hydrogens is 422 g/mol. The molecule has 6 heteroatoms. The Kier molecular flexibility index (Phi) is 7.48. The Balaban J connectivity index is 1.15. The highest BCUT2D eigenvalue weighted by Crippen LogP contribution is 2.45. The fourth-order valence-corrected chi connectivity index (χ4v) is 5.18. The molecule has 0 saturated heterocycles. The van der Waals surface area contributed by atoms with E-state index in [1.807, 2.05) is 30.3 Å². The zero-order chi connectivity index (χ0) is 22.5. The number of amides is 1. The van der Waals surface area contributed by atoms with E-state index >= 15 is 0 Å². The first-order valence-electron chi connectivity index (χ1n) is 11.7. The molecule has 0 bridgehead atoms. The van der Waals surface area contributed by atoms with Crippen LogP contribution in [0.1, 0.15) is 58.6 Å². The van der Waals surface area contributed by atoms with Crippen molar-refractivity contribution in [1.29, 1.82) is 0 Å². The number of benzene rings is 2. The molecule has 170 valence electrons. The van der Waals surface area contributed by atoms with E-state index in [2.05, 4.69) is 28.9 Å². The third kappa shape index (κ3) is 5.33. The van der Waals surface area contributed by atoms with E-state index < -0.39 is 0 Å². The standard InChI is InChI=1S/C26H32ClN3O2/c1-17-6-8-20(27)16-24(17)29-13-12-28-10-3-11-30-26(32)18-7-9-21-19(14-18)15-25(31)23-5-2-4-22(21)23/h6-9,14,16,22-23,28-29H,2-5,10-13,15H2,1H3,(H,30,32). The van der Waals surface area contributed by atoms with Crippen molar-refractivity contribution < 1.29 is 9.59 Å². The number of Topliss-reactive ketones (excluding diaryl/α,β-unsaturated/α-hetero) is 1. The van der Waals surface area contributed by atoms with E-state index in [9.17, 15) is 9.59 Å². The average Bonchev–Trinajstić information content (AvgIpc) is 3.28. The summed E-state index contributed by atoms with van der Waals surface area (Å²) in [6.45, 7) is 5.15. The van der Waals surface area contributed by atoms with Gasteiger partial charge >= 0.3 is 0 Å². The van der Waals surface area contributed by atoms with Crippen molar-refractivity contribution in [3.05, 3.63) is 63.7 Å². The van der Waals surface area contributed by atoms with Crippen molar-refractivity contribution in [3.8, 4) is 0 Å². The maximum absolute atomic E-state index is 12.6. The van der Waals surface area contributed by atoms with Crippen molar-refractivity contribution in [2.75, 3.05) is 31.5 Å². The van der Waals surface area contributed by atoms with Crippen LogP contribution in [0.4, 0.5) is 5.69 Å². The molecule has 0 radical (unpaired) electrons. The number of anilines is 1. The second kappa shape index (κ2) is 10.5. The summed E-state index contributed by atoms with van der Waals surface area (Å²) in [7, 11) is 0. The molecule has 2 aromatic carbocycles. The van der Waals surface area contributed by atoms with Crippen LogP contribution in [0.15, 0.2) is 36.4 Å². The smallest absolute Gasteiger partial charge is 0.251 e. The van der Waals surface area contributed by atoms with E-state index in [0.29, 0.717) is 30.2 Å². The lowest BCUT2D eigenvalue weighted by Gasteiger charge is -2.27. The maximum atomic E-state index is 12.6.